The number of nitrogens with zero attached hydrogens (tertiary/aromatic N) is 1. The van der Waals surface area contributed by atoms with Crippen molar-refractivity contribution in [3.8, 4) is 10.6 Å². The highest BCUT2D eigenvalue weighted by Gasteiger charge is 2.08. The second-order valence-corrected chi connectivity index (χ2v) is 5.91. The number of H-pyrrole nitrogens is 1. The van der Waals surface area contributed by atoms with Gasteiger partial charge in [-0.05, 0) is 29.1 Å². The lowest BCUT2D eigenvalue weighted by molar-refractivity contribution is 1.03. The average molecular weight is 309 g/mol. The zero-order chi connectivity index (χ0) is 13.2. The molecule has 0 atom stereocenters. The number of nitrogens with one attached hydrogen (secondary N) is 1. The molecule has 2 aromatic heterocycles. The van der Waals surface area contributed by atoms with Crippen LogP contribution in [0.4, 0.5) is 0 Å². The minimum absolute atomic E-state index is 0.646. The van der Waals surface area contributed by atoms with E-state index in [-0.39, 0.29) is 0 Å². The SMILES string of the molecule is Clc1ccc(Cc2nc(-c3cccs3)c[nH]2)c(Cl)c1. The molecule has 0 spiro atoms. The normalized spacial score (nSPS) is 10.8. The van der Waals surface area contributed by atoms with Gasteiger partial charge in [0.05, 0.1) is 10.6 Å². The van der Waals surface area contributed by atoms with Gasteiger partial charge in [0.1, 0.15) is 5.82 Å². The van der Waals surface area contributed by atoms with Crippen LogP contribution in [0.2, 0.25) is 10.0 Å². The standard InChI is InChI=1S/C14H10Cl2N2S/c15-10-4-3-9(11(16)7-10)6-14-17-8-12(18-14)13-2-1-5-19-13/h1-5,7-8H,6H2,(H,17,18). The van der Waals surface area contributed by atoms with Crippen LogP contribution in [0, 0.1) is 0 Å². The zero-order valence-corrected chi connectivity index (χ0v) is 12.2. The van der Waals surface area contributed by atoms with E-state index in [4.69, 9.17) is 23.2 Å². The molecular weight excluding hydrogens is 299 g/mol. The molecule has 3 aromatic rings. The third kappa shape index (κ3) is 2.84. The van der Waals surface area contributed by atoms with Crippen molar-refractivity contribution in [2.45, 2.75) is 6.42 Å². The minimum Gasteiger partial charge on any atom is -0.348 e. The van der Waals surface area contributed by atoms with Crippen molar-refractivity contribution in [2.75, 3.05) is 0 Å². The van der Waals surface area contributed by atoms with Gasteiger partial charge < -0.3 is 4.98 Å². The molecule has 5 heteroatoms. The Balaban J connectivity index is 1.84. The molecule has 1 aromatic carbocycles. The highest BCUT2D eigenvalue weighted by Crippen LogP contribution is 2.25. The van der Waals surface area contributed by atoms with Crippen LogP contribution in [0.15, 0.2) is 41.9 Å². The van der Waals surface area contributed by atoms with Crippen LogP contribution < -0.4 is 0 Å². The number of rotatable bonds is 3. The number of imidazole rings is 1. The third-order valence-electron chi connectivity index (χ3n) is 2.78. The molecule has 0 bridgehead atoms. The molecule has 0 amide bonds. The summed E-state index contributed by atoms with van der Waals surface area (Å²) in [6.45, 7) is 0. The lowest BCUT2D eigenvalue weighted by Gasteiger charge is -2.02. The predicted octanol–water partition coefficient (Wildman–Crippen LogP) is 5.04. The van der Waals surface area contributed by atoms with Crippen LogP contribution in [-0.2, 0) is 6.42 Å². The summed E-state index contributed by atoms with van der Waals surface area (Å²) in [5.41, 5.74) is 1.98. The Morgan fingerprint density at radius 1 is 1.21 bits per heavy atom. The number of hydrogen-bond donors (Lipinski definition) is 1. The molecule has 2 heterocycles. The van der Waals surface area contributed by atoms with E-state index >= 15 is 0 Å². The van der Waals surface area contributed by atoms with Crippen molar-refractivity contribution >= 4 is 34.5 Å². The molecule has 0 fully saturated rings. The van der Waals surface area contributed by atoms with E-state index in [2.05, 4.69) is 16.0 Å². The fourth-order valence-electron chi connectivity index (χ4n) is 1.85. The first-order valence-corrected chi connectivity index (χ1v) is 7.38. The third-order valence-corrected chi connectivity index (χ3v) is 4.26. The molecule has 0 radical (unpaired) electrons. The molecule has 96 valence electrons. The molecule has 2 nitrogen and oxygen atoms in total. The largest absolute Gasteiger partial charge is 0.348 e. The Kier molecular flexibility index (Phi) is 3.60. The molecule has 0 saturated heterocycles. The molecule has 0 aliphatic carbocycles. The van der Waals surface area contributed by atoms with Gasteiger partial charge in [0.15, 0.2) is 0 Å². The number of thiophene rings is 1. The molecule has 19 heavy (non-hydrogen) atoms. The number of aromatic nitrogens is 2. The van der Waals surface area contributed by atoms with E-state index in [0.717, 1.165) is 22.0 Å². The van der Waals surface area contributed by atoms with Gasteiger partial charge in [-0.1, -0.05) is 35.3 Å². The van der Waals surface area contributed by atoms with Crippen LogP contribution in [0.25, 0.3) is 10.6 Å². The number of halogens is 2. The number of hydrogen-bond acceptors (Lipinski definition) is 2. The molecule has 3 rings (SSSR count). The van der Waals surface area contributed by atoms with E-state index in [1.54, 1.807) is 17.4 Å². The molecular formula is C14H10Cl2N2S. The van der Waals surface area contributed by atoms with Crippen molar-refractivity contribution in [3.05, 3.63) is 63.3 Å². The summed E-state index contributed by atoms with van der Waals surface area (Å²) in [5, 5.41) is 3.36. The van der Waals surface area contributed by atoms with Gasteiger partial charge in [-0.2, -0.15) is 0 Å². The van der Waals surface area contributed by atoms with Crippen LogP contribution in [0.3, 0.4) is 0 Å². The van der Waals surface area contributed by atoms with E-state index in [1.165, 1.54) is 0 Å². The lowest BCUT2D eigenvalue weighted by atomic mass is 10.1. The van der Waals surface area contributed by atoms with Crippen molar-refractivity contribution in [1.29, 1.82) is 0 Å². The summed E-state index contributed by atoms with van der Waals surface area (Å²) in [6.07, 6.45) is 2.59. The van der Waals surface area contributed by atoms with Crippen LogP contribution in [0.5, 0.6) is 0 Å². The predicted molar refractivity (Wildman–Crippen MR) is 81.2 cm³/mol. The average Bonchev–Trinajstić information content (AvgIpc) is 3.03. The van der Waals surface area contributed by atoms with Crippen molar-refractivity contribution in [2.24, 2.45) is 0 Å². The summed E-state index contributed by atoms with van der Waals surface area (Å²) >= 11 is 13.7. The van der Waals surface area contributed by atoms with Gasteiger partial charge >= 0.3 is 0 Å². The van der Waals surface area contributed by atoms with E-state index < -0.39 is 0 Å². The highest BCUT2D eigenvalue weighted by atomic mass is 35.5. The first-order valence-electron chi connectivity index (χ1n) is 5.74. The first kappa shape index (κ1) is 12.7. The summed E-state index contributed by atoms with van der Waals surface area (Å²) in [7, 11) is 0. The van der Waals surface area contributed by atoms with E-state index in [9.17, 15) is 0 Å². The van der Waals surface area contributed by atoms with Crippen molar-refractivity contribution < 1.29 is 0 Å². The Hall–Kier alpha value is -1.29. The zero-order valence-electron chi connectivity index (χ0n) is 9.86. The minimum atomic E-state index is 0.646. The molecule has 0 saturated carbocycles. The maximum atomic E-state index is 6.16. The highest BCUT2D eigenvalue weighted by molar-refractivity contribution is 7.13. The van der Waals surface area contributed by atoms with Crippen LogP contribution >= 0.6 is 34.5 Å². The van der Waals surface area contributed by atoms with Gasteiger partial charge in [0, 0.05) is 22.7 Å². The van der Waals surface area contributed by atoms with E-state index in [0.29, 0.717) is 16.5 Å². The second-order valence-electron chi connectivity index (χ2n) is 4.12. The fraction of sp³-hybridized carbons (Fsp3) is 0.0714. The molecule has 1 N–H and O–H groups in total. The summed E-state index contributed by atoms with van der Waals surface area (Å²) in [6, 6.07) is 9.59. The smallest absolute Gasteiger partial charge is 0.111 e. The maximum absolute atomic E-state index is 6.16. The lowest BCUT2D eigenvalue weighted by Crippen LogP contribution is -1.91. The van der Waals surface area contributed by atoms with Crippen molar-refractivity contribution in [1.82, 2.24) is 9.97 Å². The Bertz CT molecular complexity index is 689. The Labute approximate surface area is 125 Å². The molecule has 0 aliphatic heterocycles. The Morgan fingerprint density at radius 2 is 2.11 bits per heavy atom. The monoisotopic (exact) mass is 308 g/mol. The van der Waals surface area contributed by atoms with Crippen molar-refractivity contribution in [3.63, 3.8) is 0 Å². The summed E-state index contributed by atoms with van der Waals surface area (Å²) < 4.78 is 0. The first-order chi connectivity index (χ1) is 9.22. The fourth-order valence-corrected chi connectivity index (χ4v) is 3.01. The quantitative estimate of drug-likeness (QED) is 0.721. The van der Waals surface area contributed by atoms with E-state index in [1.807, 2.05) is 29.8 Å². The maximum Gasteiger partial charge on any atom is 0.111 e. The summed E-state index contributed by atoms with van der Waals surface area (Å²) in [5.74, 6) is 0.896. The topological polar surface area (TPSA) is 28.7 Å². The molecule has 0 unspecified atom stereocenters. The Morgan fingerprint density at radius 3 is 2.84 bits per heavy atom. The molecule has 0 aliphatic rings. The van der Waals surface area contributed by atoms with Gasteiger partial charge in [-0.25, -0.2) is 4.98 Å². The summed E-state index contributed by atoms with van der Waals surface area (Å²) in [4.78, 5) is 8.92. The van der Waals surface area contributed by atoms with Gasteiger partial charge in [-0.3, -0.25) is 0 Å². The number of aromatic amines is 1. The second kappa shape index (κ2) is 5.37. The van der Waals surface area contributed by atoms with Gasteiger partial charge in [0.25, 0.3) is 0 Å². The van der Waals surface area contributed by atoms with Crippen LogP contribution in [-0.4, -0.2) is 9.97 Å². The van der Waals surface area contributed by atoms with Crippen LogP contribution in [0.1, 0.15) is 11.4 Å². The van der Waals surface area contributed by atoms with Gasteiger partial charge in [0.2, 0.25) is 0 Å². The number of benzene rings is 1. The van der Waals surface area contributed by atoms with Gasteiger partial charge in [-0.15, -0.1) is 11.3 Å².